The number of phenolic OH excluding ortho intramolecular Hbond substituents is 1. The van der Waals surface area contributed by atoms with Crippen molar-refractivity contribution in [3.63, 3.8) is 0 Å². The minimum atomic E-state index is -0.0553. The SMILES string of the molecule is Cc1ccc(CNCCCCc2cc(=O)[nH]c3ccccc23)cc1Cc1cccc2c(CCCCCNCc3ccc(N)c(O)c3)cc(=O)[nH]c12. The van der Waals surface area contributed by atoms with E-state index in [0.29, 0.717) is 12.2 Å². The molecule has 0 fully saturated rings. The van der Waals surface area contributed by atoms with Gasteiger partial charge >= 0.3 is 0 Å². The smallest absolute Gasteiger partial charge is 0.248 e. The molecular formula is C43H49N5O3. The average Bonchev–Trinajstić information content (AvgIpc) is 3.12. The van der Waals surface area contributed by atoms with Crippen LogP contribution in [0.5, 0.6) is 5.75 Å². The summed E-state index contributed by atoms with van der Waals surface area (Å²) in [6.45, 7) is 5.42. The summed E-state index contributed by atoms with van der Waals surface area (Å²) in [4.78, 5) is 31.0. The van der Waals surface area contributed by atoms with Crippen LogP contribution >= 0.6 is 0 Å². The first-order valence-corrected chi connectivity index (χ1v) is 18.2. The number of unbranched alkanes of at least 4 members (excludes halogenated alkanes) is 3. The van der Waals surface area contributed by atoms with E-state index >= 15 is 0 Å². The van der Waals surface area contributed by atoms with Gasteiger partial charge in [0, 0.05) is 41.5 Å². The number of nitrogens with two attached hydrogens (primary N) is 1. The Bertz CT molecular complexity index is 2220. The van der Waals surface area contributed by atoms with Crippen LogP contribution in [0, 0.1) is 6.92 Å². The highest BCUT2D eigenvalue weighted by Crippen LogP contribution is 2.25. The highest BCUT2D eigenvalue weighted by molar-refractivity contribution is 5.85. The number of H-pyrrole nitrogens is 2. The van der Waals surface area contributed by atoms with Gasteiger partial charge in [0.25, 0.3) is 0 Å². The van der Waals surface area contributed by atoms with Crippen LogP contribution in [-0.2, 0) is 32.4 Å². The molecule has 0 bridgehead atoms. The standard InChI is InChI=1S/C43H49N5O3/c1-29-16-17-30(27-46-21-8-6-11-32-25-41(50)47-39-15-5-4-13-36(32)39)22-35(29)24-34-12-9-14-37-33(26-42(51)48-43(34)37)10-3-2-7-20-45-28-31-18-19-38(44)40(49)23-31/h4-5,9,12-19,22-23,25-26,45-46,49H,2-3,6-8,10-11,20-21,24,27-28,44H2,1H3,(H,47,50)(H,48,51). The van der Waals surface area contributed by atoms with Gasteiger partial charge in [-0.05, 0) is 122 Å². The zero-order valence-electron chi connectivity index (χ0n) is 29.5. The summed E-state index contributed by atoms with van der Waals surface area (Å²) in [5, 5.41) is 19.1. The number of pyridine rings is 2. The fraction of sp³-hybridized carbons (Fsp3) is 0.302. The number of aromatic nitrogens is 2. The maximum Gasteiger partial charge on any atom is 0.248 e. The van der Waals surface area contributed by atoms with E-state index in [0.717, 1.165) is 115 Å². The van der Waals surface area contributed by atoms with Gasteiger partial charge in [-0.1, -0.05) is 67.1 Å². The second-order valence-corrected chi connectivity index (χ2v) is 13.7. The van der Waals surface area contributed by atoms with Crippen molar-refractivity contribution < 1.29 is 5.11 Å². The molecule has 0 amide bonds. The van der Waals surface area contributed by atoms with Crippen LogP contribution in [0.2, 0.25) is 0 Å². The molecule has 51 heavy (non-hydrogen) atoms. The number of aromatic amines is 2. The molecule has 2 aromatic heterocycles. The molecule has 0 aliphatic rings. The molecule has 0 saturated heterocycles. The summed E-state index contributed by atoms with van der Waals surface area (Å²) >= 11 is 0. The van der Waals surface area contributed by atoms with Crippen LogP contribution in [0.1, 0.15) is 71.0 Å². The van der Waals surface area contributed by atoms with Crippen molar-refractivity contribution in [1.29, 1.82) is 0 Å². The molecule has 0 unspecified atom stereocenters. The van der Waals surface area contributed by atoms with E-state index in [1.807, 2.05) is 24.3 Å². The van der Waals surface area contributed by atoms with Gasteiger partial charge in [-0.15, -0.1) is 0 Å². The first kappa shape index (κ1) is 35.6. The number of nitrogen functional groups attached to an aromatic ring is 1. The highest BCUT2D eigenvalue weighted by Gasteiger charge is 2.11. The number of rotatable bonds is 17. The molecule has 6 aromatic rings. The maximum absolute atomic E-state index is 12.8. The number of aromatic hydroxyl groups is 1. The van der Waals surface area contributed by atoms with E-state index in [1.54, 1.807) is 24.3 Å². The topological polar surface area (TPSA) is 136 Å². The average molecular weight is 684 g/mol. The van der Waals surface area contributed by atoms with E-state index < -0.39 is 0 Å². The van der Waals surface area contributed by atoms with Gasteiger partial charge < -0.3 is 31.4 Å². The van der Waals surface area contributed by atoms with E-state index in [9.17, 15) is 14.7 Å². The molecule has 0 spiro atoms. The first-order chi connectivity index (χ1) is 24.8. The summed E-state index contributed by atoms with van der Waals surface area (Å²) in [6.07, 6.45) is 7.62. The van der Waals surface area contributed by atoms with Gasteiger partial charge in [0.1, 0.15) is 5.75 Å². The third-order valence-corrected chi connectivity index (χ3v) is 9.78. The second kappa shape index (κ2) is 17.2. The van der Waals surface area contributed by atoms with Crippen molar-refractivity contribution in [3.8, 4) is 5.75 Å². The van der Waals surface area contributed by atoms with E-state index in [-0.39, 0.29) is 16.9 Å². The maximum atomic E-state index is 12.8. The van der Waals surface area contributed by atoms with Gasteiger partial charge in [-0.2, -0.15) is 0 Å². The molecule has 264 valence electrons. The molecule has 8 nitrogen and oxygen atoms in total. The Balaban J connectivity index is 0.995. The molecule has 6 rings (SSSR count). The number of aryl methyl sites for hydroxylation is 3. The predicted molar refractivity (Wildman–Crippen MR) is 210 cm³/mol. The molecule has 7 N–H and O–H groups in total. The number of nitrogens with one attached hydrogen (secondary N) is 4. The number of hydrogen-bond acceptors (Lipinski definition) is 6. The fourth-order valence-corrected chi connectivity index (χ4v) is 6.95. The highest BCUT2D eigenvalue weighted by atomic mass is 16.3. The number of hydrogen-bond donors (Lipinski definition) is 6. The fourth-order valence-electron chi connectivity index (χ4n) is 6.95. The molecule has 8 heteroatoms. The Morgan fingerprint density at radius 2 is 1.27 bits per heavy atom. The summed E-state index contributed by atoms with van der Waals surface area (Å²) < 4.78 is 0. The van der Waals surface area contributed by atoms with Gasteiger partial charge in [-0.25, -0.2) is 0 Å². The molecule has 0 radical (unpaired) electrons. The van der Waals surface area contributed by atoms with Crippen LogP contribution in [0.4, 0.5) is 5.69 Å². The number of anilines is 1. The van der Waals surface area contributed by atoms with Gasteiger partial charge in [-0.3, -0.25) is 9.59 Å². The van der Waals surface area contributed by atoms with Gasteiger partial charge in [0.2, 0.25) is 11.1 Å². The van der Waals surface area contributed by atoms with Crippen LogP contribution in [0.25, 0.3) is 21.8 Å². The largest absolute Gasteiger partial charge is 0.506 e. The van der Waals surface area contributed by atoms with Crippen LogP contribution in [0.15, 0.2) is 101 Å². The Morgan fingerprint density at radius 3 is 2.06 bits per heavy atom. The van der Waals surface area contributed by atoms with Crippen molar-refractivity contribution in [2.75, 3.05) is 18.8 Å². The zero-order chi connectivity index (χ0) is 35.6. The molecular weight excluding hydrogens is 635 g/mol. The number of para-hydroxylation sites is 2. The van der Waals surface area contributed by atoms with Crippen molar-refractivity contribution in [3.05, 3.63) is 151 Å². The Kier molecular flexibility index (Phi) is 12.0. The van der Waals surface area contributed by atoms with E-state index in [2.05, 4.69) is 70.0 Å². The number of fused-ring (bicyclic) bond motifs is 2. The minimum absolute atomic E-state index is 0.0431. The second-order valence-electron chi connectivity index (χ2n) is 13.7. The lowest BCUT2D eigenvalue weighted by Crippen LogP contribution is -2.15. The summed E-state index contributed by atoms with van der Waals surface area (Å²) in [5.74, 6) is 0.122. The Hall–Kier alpha value is -5.18. The lowest BCUT2D eigenvalue weighted by molar-refractivity contribution is 0.476. The monoisotopic (exact) mass is 683 g/mol. The van der Waals surface area contributed by atoms with Crippen molar-refractivity contribution in [2.45, 2.75) is 71.4 Å². The van der Waals surface area contributed by atoms with E-state index in [1.165, 1.54) is 16.7 Å². The molecule has 0 saturated carbocycles. The summed E-state index contributed by atoms with van der Waals surface area (Å²) in [6, 6.07) is 29.9. The molecule has 4 aromatic carbocycles. The zero-order valence-corrected chi connectivity index (χ0v) is 29.5. The Morgan fingerprint density at radius 1 is 0.627 bits per heavy atom. The number of benzene rings is 4. The van der Waals surface area contributed by atoms with Gasteiger partial charge in [0.15, 0.2) is 0 Å². The molecule has 2 heterocycles. The van der Waals surface area contributed by atoms with Crippen LogP contribution in [-0.4, -0.2) is 28.2 Å². The summed E-state index contributed by atoms with van der Waals surface area (Å²) in [5.41, 5.74) is 15.9. The van der Waals surface area contributed by atoms with E-state index in [4.69, 9.17) is 5.73 Å². The van der Waals surface area contributed by atoms with Crippen molar-refractivity contribution in [1.82, 2.24) is 20.6 Å². The minimum Gasteiger partial charge on any atom is -0.506 e. The lowest BCUT2D eigenvalue weighted by Gasteiger charge is -2.13. The number of phenols is 1. The first-order valence-electron chi connectivity index (χ1n) is 18.2. The quantitative estimate of drug-likeness (QED) is 0.0343. The third-order valence-electron chi connectivity index (χ3n) is 9.78. The summed E-state index contributed by atoms with van der Waals surface area (Å²) in [7, 11) is 0. The predicted octanol–water partition coefficient (Wildman–Crippen LogP) is 7.17. The van der Waals surface area contributed by atoms with Crippen molar-refractivity contribution in [2.24, 2.45) is 0 Å². The van der Waals surface area contributed by atoms with Gasteiger partial charge in [0.05, 0.1) is 11.2 Å². The van der Waals surface area contributed by atoms with Crippen molar-refractivity contribution >= 4 is 27.5 Å². The molecule has 0 aliphatic heterocycles. The van der Waals surface area contributed by atoms with Crippen LogP contribution < -0.4 is 27.5 Å². The Labute approximate surface area is 299 Å². The molecule has 0 atom stereocenters. The van der Waals surface area contributed by atoms with Crippen LogP contribution in [0.3, 0.4) is 0 Å². The lowest BCUT2D eigenvalue weighted by atomic mass is 9.94. The normalized spacial score (nSPS) is 11.5. The molecule has 0 aliphatic carbocycles. The third kappa shape index (κ3) is 9.54.